The second-order valence-electron chi connectivity index (χ2n) is 5.12. The molecule has 112 valence electrons. The molecule has 1 rings (SSSR count). The molecule has 1 N–H and O–H groups in total. The summed E-state index contributed by atoms with van der Waals surface area (Å²) in [6, 6.07) is 7.82. The Bertz CT molecular complexity index is 396. The van der Waals surface area contributed by atoms with Crippen molar-refractivity contribution in [3.8, 4) is 0 Å². The largest absolute Gasteiger partial charge is 0.306 e. The second kappa shape index (κ2) is 8.88. The summed E-state index contributed by atoms with van der Waals surface area (Å²) in [5.74, 6) is 0.173. The zero-order valence-corrected chi connectivity index (χ0v) is 13.3. The topological polar surface area (TPSA) is 32.3 Å². The molecule has 0 aliphatic carbocycles. The first kappa shape index (κ1) is 16.9. The highest BCUT2D eigenvalue weighted by Gasteiger charge is 2.14. The summed E-state index contributed by atoms with van der Waals surface area (Å²) in [5, 5.41) is 3.32. The van der Waals surface area contributed by atoms with Crippen molar-refractivity contribution < 1.29 is 4.79 Å². The second-order valence-corrected chi connectivity index (χ2v) is 5.12. The molecule has 0 aliphatic rings. The van der Waals surface area contributed by atoms with Gasteiger partial charge in [0.25, 0.3) is 0 Å². The molecule has 3 heteroatoms. The number of likely N-dealkylation sites (N-methyl/N-ethyl adjacent to an activating group) is 1. The summed E-state index contributed by atoms with van der Waals surface area (Å²) >= 11 is 0. The first-order valence-corrected chi connectivity index (χ1v) is 7.71. The summed E-state index contributed by atoms with van der Waals surface area (Å²) in [6.45, 7) is 12.3. The molecule has 1 unspecified atom stereocenters. The van der Waals surface area contributed by atoms with Gasteiger partial charge >= 0.3 is 0 Å². The highest BCUT2D eigenvalue weighted by molar-refractivity contribution is 5.99. The number of rotatable bonds is 9. The molecule has 0 aliphatic heterocycles. The maximum atomic E-state index is 12.3. The molecule has 0 bridgehead atoms. The van der Waals surface area contributed by atoms with E-state index in [2.05, 4.69) is 31.0 Å². The molecule has 0 heterocycles. The number of nitrogens with zero attached hydrogens (tertiary/aromatic N) is 1. The van der Waals surface area contributed by atoms with E-state index in [4.69, 9.17) is 0 Å². The molecule has 0 fully saturated rings. The van der Waals surface area contributed by atoms with E-state index in [0.29, 0.717) is 0 Å². The van der Waals surface area contributed by atoms with Gasteiger partial charge in [-0.3, -0.25) is 4.79 Å². The zero-order valence-electron chi connectivity index (χ0n) is 13.3. The van der Waals surface area contributed by atoms with Crippen molar-refractivity contribution in [2.75, 3.05) is 26.2 Å². The Labute approximate surface area is 123 Å². The van der Waals surface area contributed by atoms with Crippen LogP contribution >= 0.6 is 0 Å². The molecule has 0 radical (unpaired) electrons. The van der Waals surface area contributed by atoms with Crippen LogP contribution in [0.2, 0.25) is 0 Å². The quantitative estimate of drug-likeness (QED) is 0.704. The third kappa shape index (κ3) is 5.06. The summed E-state index contributed by atoms with van der Waals surface area (Å²) < 4.78 is 0. The van der Waals surface area contributed by atoms with Crippen molar-refractivity contribution >= 4 is 5.78 Å². The van der Waals surface area contributed by atoms with Crippen LogP contribution in [-0.4, -0.2) is 42.9 Å². The maximum absolute atomic E-state index is 12.3. The van der Waals surface area contributed by atoms with Crippen molar-refractivity contribution in [3.05, 3.63) is 35.4 Å². The molecule has 1 aromatic rings. The fourth-order valence-corrected chi connectivity index (χ4v) is 2.23. The van der Waals surface area contributed by atoms with Crippen LogP contribution < -0.4 is 5.32 Å². The van der Waals surface area contributed by atoms with E-state index in [1.807, 2.05) is 31.2 Å². The van der Waals surface area contributed by atoms with E-state index < -0.39 is 0 Å². The van der Waals surface area contributed by atoms with Crippen molar-refractivity contribution in [1.29, 1.82) is 0 Å². The molecule has 20 heavy (non-hydrogen) atoms. The van der Waals surface area contributed by atoms with Gasteiger partial charge in [-0.05, 0) is 32.0 Å². The van der Waals surface area contributed by atoms with Gasteiger partial charge in [0.15, 0.2) is 5.78 Å². The van der Waals surface area contributed by atoms with Gasteiger partial charge in [-0.15, -0.1) is 0 Å². The smallest absolute Gasteiger partial charge is 0.179 e. The molecule has 3 nitrogen and oxygen atoms in total. The van der Waals surface area contributed by atoms with Crippen molar-refractivity contribution in [2.45, 2.75) is 40.2 Å². The van der Waals surface area contributed by atoms with Gasteiger partial charge in [0, 0.05) is 18.7 Å². The average molecular weight is 276 g/mol. The Hall–Kier alpha value is -1.19. The highest BCUT2D eigenvalue weighted by Crippen LogP contribution is 2.07. The number of nitrogens with one attached hydrogen (secondary N) is 1. The van der Waals surface area contributed by atoms with Crippen LogP contribution in [-0.2, 0) is 6.42 Å². The Morgan fingerprint density at radius 1 is 1.15 bits per heavy atom. The number of carbonyl (C=O) groups excluding carboxylic acids is 1. The number of aryl methyl sites for hydroxylation is 1. The third-order valence-corrected chi connectivity index (χ3v) is 3.81. The minimum atomic E-state index is -0.127. The van der Waals surface area contributed by atoms with Gasteiger partial charge in [0.2, 0.25) is 0 Å². The lowest BCUT2D eigenvalue weighted by molar-refractivity contribution is 0.0949. The third-order valence-electron chi connectivity index (χ3n) is 3.81. The van der Waals surface area contributed by atoms with Crippen molar-refractivity contribution in [2.24, 2.45) is 0 Å². The van der Waals surface area contributed by atoms with Crippen molar-refractivity contribution in [3.63, 3.8) is 0 Å². The molecule has 0 aromatic heterocycles. The SMILES string of the molecule is CCc1ccc(C(=O)C(C)NCCN(CC)CC)cc1. The number of Topliss-reactive ketones (excluding diaryl/α,β-unsaturated/α-hetero) is 1. The van der Waals surface area contributed by atoms with Gasteiger partial charge in [0.1, 0.15) is 0 Å². The monoisotopic (exact) mass is 276 g/mol. The lowest BCUT2D eigenvalue weighted by Gasteiger charge is -2.20. The number of hydrogen-bond donors (Lipinski definition) is 1. The van der Waals surface area contributed by atoms with Crippen LogP contribution in [0.25, 0.3) is 0 Å². The molecule has 0 saturated carbocycles. The van der Waals surface area contributed by atoms with E-state index in [0.717, 1.165) is 38.2 Å². The lowest BCUT2D eigenvalue weighted by atomic mass is 10.0. The molecule has 1 aromatic carbocycles. The summed E-state index contributed by atoms with van der Waals surface area (Å²) in [5.41, 5.74) is 2.06. The molecular weight excluding hydrogens is 248 g/mol. The minimum absolute atomic E-state index is 0.127. The van der Waals surface area contributed by atoms with Gasteiger partial charge < -0.3 is 10.2 Å². The Kier molecular flexibility index (Phi) is 7.48. The normalized spacial score (nSPS) is 12.7. The molecule has 0 spiro atoms. The lowest BCUT2D eigenvalue weighted by Crippen LogP contribution is -2.39. The number of ketones is 1. The van der Waals surface area contributed by atoms with Crippen LogP contribution in [0.3, 0.4) is 0 Å². The average Bonchev–Trinajstić information content (AvgIpc) is 2.50. The van der Waals surface area contributed by atoms with Gasteiger partial charge in [-0.2, -0.15) is 0 Å². The standard InChI is InChI=1S/C17H28N2O/c1-5-15-8-10-16(11-9-15)17(20)14(4)18-12-13-19(6-2)7-3/h8-11,14,18H,5-7,12-13H2,1-4H3. The number of benzene rings is 1. The summed E-state index contributed by atoms with van der Waals surface area (Å²) in [7, 11) is 0. The van der Waals surface area contributed by atoms with E-state index >= 15 is 0 Å². The van der Waals surface area contributed by atoms with E-state index in [-0.39, 0.29) is 11.8 Å². The van der Waals surface area contributed by atoms with Crippen LogP contribution in [0.1, 0.15) is 43.6 Å². The predicted molar refractivity (Wildman–Crippen MR) is 85.4 cm³/mol. The van der Waals surface area contributed by atoms with Gasteiger partial charge in [0.05, 0.1) is 6.04 Å². The fraction of sp³-hybridized carbons (Fsp3) is 0.588. The first-order valence-electron chi connectivity index (χ1n) is 7.71. The first-order chi connectivity index (χ1) is 9.62. The minimum Gasteiger partial charge on any atom is -0.306 e. The van der Waals surface area contributed by atoms with E-state index in [9.17, 15) is 4.79 Å². The summed E-state index contributed by atoms with van der Waals surface area (Å²) in [6.07, 6.45) is 1.01. The van der Waals surface area contributed by atoms with Crippen molar-refractivity contribution in [1.82, 2.24) is 10.2 Å². The maximum Gasteiger partial charge on any atom is 0.179 e. The number of carbonyl (C=O) groups is 1. The fourth-order valence-electron chi connectivity index (χ4n) is 2.23. The van der Waals surface area contributed by atoms with E-state index in [1.54, 1.807) is 0 Å². The van der Waals surface area contributed by atoms with Gasteiger partial charge in [-0.25, -0.2) is 0 Å². The number of hydrogen-bond acceptors (Lipinski definition) is 3. The van der Waals surface area contributed by atoms with Crippen LogP contribution in [0, 0.1) is 0 Å². The zero-order chi connectivity index (χ0) is 15.0. The van der Waals surface area contributed by atoms with E-state index in [1.165, 1.54) is 5.56 Å². The molecular formula is C17H28N2O. The Balaban J connectivity index is 2.45. The van der Waals surface area contributed by atoms with Crippen LogP contribution in [0.15, 0.2) is 24.3 Å². The predicted octanol–water partition coefficient (Wildman–Crippen LogP) is 2.75. The molecule has 1 atom stereocenters. The summed E-state index contributed by atoms with van der Waals surface area (Å²) in [4.78, 5) is 14.6. The highest BCUT2D eigenvalue weighted by atomic mass is 16.1. The molecule has 0 saturated heterocycles. The Morgan fingerprint density at radius 2 is 1.75 bits per heavy atom. The Morgan fingerprint density at radius 3 is 2.25 bits per heavy atom. The van der Waals surface area contributed by atoms with Gasteiger partial charge in [-0.1, -0.05) is 45.0 Å². The van der Waals surface area contributed by atoms with Crippen LogP contribution in [0.5, 0.6) is 0 Å². The van der Waals surface area contributed by atoms with Crippen LogP contribution in [0.4, 0.5) is 0 Å². The molecule has 0 amide bonds.